The molecule has 0 radical (unpaired) electrons. The molecule has 0 aromatic heterocycles. The van der Waals surface area contributed by atoms with Gasteiger partial charge in [0.05, 0.1) is 11.4 Å². The van der Waals surface area contributed by atoms with Crippen LogP contribution in [0.5, 0.6) is 11.5 Å². The number of para-hydroxylation sites is 2. The first-order valence-electron chi connectivity index (χ1n) is 9.20. The molecule has 1 fully saturated rings. The smallest absolute Gasteiger partial charge is 0.161 e. The number of ether oxygens (including phenoxy) is 2. The van der Waals surface area contributed by atoms with E-state index < -0.39 is 11.6 Å². The van der Waals surface area contributed by atoms with Crippen molar-refractivity contribution in [2.24, 2.45) is 0 Å². The Hall–Kier alpha value is -2.54. The normalized spacial score (nSPS) is 22.4. The Labute approximate surface area is 157 Å². The molecule has 27 heavy (non-hydrogen) atoms. The van der Waals surface area contributed by atoms with Crippen LogP contribution in [0.25, 0.3) is 0 Å². The first kappa shape index (κ1) is 17.9. The number of nitrogens with two attached hydrogens (primary N) is 1. The molecule has 0 bridgehead atoms. The van der Waals surface area contributed by atoms with Gasteiger partial charge >= 0.3 is 0 Å². The molecule has 4 rings (SSSR count). The summed E-state index contributed by atoms with van der Waals surface area (Å²) in [5.74, 6) is -0.278. The van der Waals surface area contributed by atoms with E-state index in [0.29, 0.717) is 12.3 Å². The number of nitrogen functional groups attached to an aromatic ring is 1. The molecule has 0 unspecified atom stereocenters. The van der Waals surface area contributed by atoms with E-state index in [1.54, 1.807) is 0 Å². The van der Waals surface area contributed by atoms with Crippen LogP contribution in [0.2, 0.25) is 0 Å². The minimum absolute atomic E-state index is 0.0352. The third-order valence-corrected chi connectivity index (χ3v) is 4.99. The van der Waals surface area contributed by atoms with Crippen molar-refractivity contribution in [1.82, 2.24) is 4.90 Å². The van der Waals surface area contributed by atoms with Crippen LogP contribution in [0.15, 0.2) is 36.4 Å². The lowest BCUT2D eigenvalue weighted by atomic mass is 10.0. The Balaban J connectivity index is 1.36. The lowest BCUT2D eigenvalue weighted by Gasteiger charge is -2.37. The van der Waals surface area contributed by atoms with E-state index >= 15 is 0 Å². The summed E-state index contributed by atoms with van der Waals surface area (Å²) in [7, 11) is 0. The summed E-state index contributed by atoms with van der Waals surface area (Å²) in [4.78, 5) is 2.30. The van der Waals surface area contributed by atoms with Crippen LogP contribution in [-0.2, 0) is 0 Å². The topological polar surface area (TPSA) is 59.8 Å². The van der Waals surface area contributed by atoms with E-state index in [9.17, 15) is 8.78 Å². The molecule has 2 aliphatic heterocycles. The SMILES string of the molecule is Nc1cc(F)c(F)cc1N[C@H]1CCCN(C[C@H]2COc3ccccc3O2)C1. The fourth-order valence-corrected chi connectivity index (χ4v) is 3.69. The van der Waals surface area contributed by atoms with E-state index in [0.717, 1.165) is 56.1 Å². The number of hydrogen-bond donors (Lipinski definition) is 2. The molecule has 2 heterocycles. The maximum absolute atomic E-state index is 13.5. The zero-order chi connectivity index (χ0) is 18.8. The Morgan fingerprint density at radius 2 is 1.93 bits per heavy atom. The predicted molar refractivity (Wildman–Crippen MR) is 100 cm³/mol. The van der Waals surface area contributed by atoms with Crippen LogP contribution < -0.4 is 20.5 Å². The van der Waals surface area contributed by atoms with Crippen molar-refractivity contribution in [2.45, 2.75) is 25.0 Å². The maximum Gasteiger partial charge on any atom is 0.161 e. The summed E-state index contributed by atoms with van der Waals surface area (Å²) in [6, 6.07) is 9.92. The molecule has 1 saturated heterocycles. The first-order chi connectivity index (χ1) is 13.1. The Kier molecular flexibility index (Phi) is 5.03. The molecule has 0 amide bonds. The average molecular weight is 375 g/mol. The van der Waals surface area contributed by atoms with Gasteiger partial charge in [-0.05, 0) is 31.5 Å². The van der Waals surface area contributed by atoms with Crippen molar-refractivity contribution < 1.29 is 18.3 Å². The molecule has 5 nitrogen and oxygen atoms in total. The molecule has 0 aliphatic carbocycles. The number of nitrogens with one attached hydrogen (secondary N) is 1. The van der Waals surface area contributed by atoms with Crippen molar-refractivity contribution in [3.8, 4) is 11.5 Å². The van der Waals surface area contributed by atoms with Crippen molar-refractivity contribution in [3.05, 3.63) is 48.0 Å². The van der Waals surface area contributed by atoms with Gasteiger partial charge < -0.3 is 20.5 Å². The highest BCUT2D eigenvalue weighted by Crippen LogP contribution is 2.31. The minimum atomic E-state index is -0.932. The molecule has 2 aromatic carbocycles. The second-order valence-corrected chi connectivity index (χ2v) is 7.09. The Morgan fingerprint density at radius 3 is 2.78 bits per heavy atom. The molecular weight excluding hydrogens is 352 g/mol. The van der Waals surface area contributed by atoms with Crippen LogP contribution in [0.3, 0.4) is 0 Å². The third kappa shape index (κ3) is 4.08. The van der Waals surface area contributed by atoms with Gasteiger partial charge in [0.25, 0.3) is 0 Å². The molecule has 3 N–H and O–H groups in total. The van der Waals surface area contributed by atoms with Crippen LogP contribution in [-0.4, -0.2) is 43.3 Å². The van der Waals surface area contributed by atoms with Crippen molar-refractivity contribution in [2.75, 3.05) is 37.3 Å². The monoisotopic (exact) mass is 375 g/mol. The summed E-state index contributed by atoms with van der Waals surface area (Å²) in [6.45, 7) is 3.01. The van der Waals surface area contributed by atoms with Crippen molar-refractivity contribution in [3.63, 3.8) is 0 Å². The van der Waals surface area contributed by atoms with Crippen molar-refractivity contribution >= 4 is 11.4 Å². The Morgan fingerprint density at radius 1 is 1.15 bits per heavy atom. The highest BCUT2D eigenvalue weighted by atomic mass is 19.2. The predicted octanol–water partition coefficient (Wildman–Crippen LogP) is 3.26. The quantitative estimate of drug-likeness (QED) is 0.804. The first-order valence-corrected chi connectivity index (χ1v) is 9.20. The van der Waals surface area contributed by atoms with Gasteiger partial charge in [0.1, 0.15) is 12.7 Å². The summed E-state index contributed by atoms with van der Waals surface area (Å²) >= 11 is 0. The van der Waals surface area contributed by atoms with Crippen LogP contribution >= 0.6 is 0 Å². The summed E-state index contributed by atoms with van der Waals surface area (Å²) in [6.07, 6.45) is 1.91. The third-order valence-electron chi connectivity index (χ3n) is 4.99. The molecule has 0 spiro atoms. The van der Waals surface area contributed by atoms with Gasteiger partial charge in [0, 0.05) is 31.3 Å². The number of piperidine rings is 1. The van der Waals surface area contributed by atoms with Crippen molar-refractivity contribution in [1.29, 1.82) is 0 Å². The minimum Gasteiger partial charge on any atom is -0.486 e. The Bertz CT molecular complexity index is 818. The molecule has 2 aromatic rings. The highest BCUT2D eigenvalue weighted by molar-refractivity contribution is 5.66. The molecular formula is C20H23F2N3O2. The zero-order valence-electron chi connectivity index (χ0n) is 15.0. The lowest BCUT2D eigenvalue weighted by molar-refractivity contribution is 0.0518. The van der Waals surface area contributed by atoms with Gasteiger partial charge in [0.15, 0.2) is 23.1 Å². The van der Waals surface area contributed by atoms with E-state index in [-0.39, 0.29) is 17.8 Å². The van der Waals surface area contributed by atoms with Gasteiger partial charge in [-0.3, -0.25) is 4.90 Å². The number of nitrogens with zero attached hydrogens (tertiary/aromatic N) is 1. The van der Waals surface area contributed by atoms with Gasteiger partial charge in [-0.25, -0.2) is 8.78 Å². The molecule has 2 atom stereocenters. The number of anilines is 2. The number of rotatable bonds is 4. The zero-order valence-corrected chi connectivity index (χ0v) is 15.0. The maximum atomic E-state index is 13.5. The van der Waals surface area contributed by atoms with E-state index in [2.05, 4.69) is 10.2 Å². The summed E-state index contributed by atoms with van der Waals surface area (Å²) in [5.41, 5.74) is 6.47. The van der Waals surface area contributed by atoms with E-state index in [4.69, 9.17) is 15.2 Å². The lowest BCUT2D eigenvalue weighted by Crippen LogP contribution is -2.48. The second-order valence-electron chi connectivity index (χ2n) is 7.09. The standard InChI is InChI=1S/C20H23F2N3O2/c21-15-8-17(23)18(9-16(15)22)24-13-4-3-7-25(10-13)11-14-12-26-19-5-1-2-6-20(19)27-14/h1-2,5-6,8-9,13-14,24H,3-4,7,10-12,23H2/t13-,14-/m0/s1. The fourth-order valence-electron chi connectivity index (χ4n) is 3.69. The molecule has 144 valence electrons. The fraction of sp³-hybridized carbons (Fsp3) is 0.400. The van der Waals surface area contributed by atoms with Gasteiger partial charge in [-0.15, -0.1) is 0 Å². The van der Waals surface area contributed by atoms with E-state index in [1.807, 2.05) is 24.3 Å². The molecule has 2 aliphatic rings. The van der Waals surface area contributed by atoms with Gasteiger partial charge in [-0.1, -0.05) is 12.1 Å². The summed E-state index contributed by atoms with van der Waals surface area (Å²) < 4.78 is 38.6. The number of likely N-dealkylation sites (tertiary alicyclic amines) is 1. The molecule has 0 saturated carbocycles. The average Bonchev–Trinajstić information content (AvgIpc) is 2.66. The van der Waals surface area contributed by atoms with E-state index in [1.165, 1.54) is 0 Å². The highest BCUT2D eigenvalue weighted by Gasteiger charge is 2.27. The second kappa shape index (κ2) is 7.60. The van der Waals surface area contributed by atoms with Crippen LogP contribution in [0.1, 0.15) is 12.8 Å². The number of benzene rings is 2. The summed E-state index contributed by atoms with van der Waals surface area (Å²) in [5, 5.41) is 3.25. The van der Waals surface area contributed by atoms with Crippen LogP contribution in [0, 0.1) is 11.6 Å². The van der Waals surface area contributed by atoms with Crippen LogP contribution in [0.4, 0.5) is 20.2 Å². The van der Waals surface area contributed by atoms with Gasteiger partial charge in [0.2, 0.25) is 0 Å². The number of halogens is 2. The molecule has 7 heteroatoms. The van der Waals surface area contributed by atoms with Gasteiger partial charge in [-0.2, -0.15) is 0 Å². The largest absolute Gasteiger partial charge is 0.486 e. The number of hydrogen-bond acceptors (Lipinski definition) is 5. The number of fused-ring (bicyclic) bond motifs is 1.